The zero-order valence-electron chi connectivity index (χ0n) is 8.44. The Morgan fingerprint density at radius 2 is 2.07 bits per heavy atom. The topological polar surface area (TPSA) is 35.0 Å². The van der Waals surface area contributed by atoms with E-state index in [9.17, 15) is 0 Å². The van der Waals surface area contributed by atoms with Crippen LogP contribution in [0.1, 0.15) is 24.8 Å². The standard InChI is InChI=1S/C10H12N2OS/c1-6(2)9-11-7-4-5-8(13-3)12-10(7)14-9/h4-6H,1-3H3. The van der Waals surface area contributed by atoms with Gasteiger partial charge in [-0.2, -0.15) is 0 Å². The lowest BCUT2D eigenvalue weighted by Crippen LogP contribution is -1.85. The maximum absolute atomic E-state index is 5.06. The molecule has 2 heterocycles. The van der Waals surface area contributed by atoms with Crippen LogP contribution in [0.15, 0.2) is 12.1 Å². The normalized spacial score (nSPS) is 11.1. The molecule has 0 radical (unpaired) electrons. The predicted octanol–water partition coefficient (Wildman–Crippen LogP) is 2.82. The number of thiazole rings is 1. The quantitative estimate of drug-likeness (QED) is 0.761. The third kappa shape index (κ3) is 1.57. The first kappa shape index (κ1) is 9.40. The summed E-state index contributed by atoms with van der Waals surface area (Å²) in [4.78, 5) is 9.77. The SMILES string of the molecule is COc1ccc2nc(C(C)C)sc2n1. The fourth-order valence-electron chi connectivity index (χ4n) is 1.18. The highest BCUT2D eigenvalue weighted by molar-refractivity contribution is 7.18. The van der Waals surface area contributed by atoms with Crippen LogP contribution in [0.2, 0.25) is 0 Å². The average molecular weight is 208 g/mol. The van der Waals surface area contributed by atoms with E-state index in [0.29, 0.717) is 11.8 Å². The van der Waals surface area contributed by atoms with Gasteiger partial charge in [0.1, 0.15) is 10.3 Å². The minimum absolute atomic E-state index is 0.459. The number of rotatable bonds is 2. The van der Waals surface area contributed by atoms with Crippen molar-refractivity contribution in [1.29, 1.82) is 0 Å². The van der Waals surface area contributed by atoms with Gasteiger partial charge in [-0.05, 0) is 6.07 Å². The molecule has 0 spiro atoms. The van der Waals surface area contributed by atoms with Crippen LogP contribution in [0.3, 0.4) is 0 Å². The molecule has 2 rings (SSSR count). The molecule has 3 nitrogen and oxygen atoms in total. The van der Waals surface area contributed by atoms with Gasteiger partial charge in [0, 0.05) is 12.0 Å². The van der Waals surface area contributed by atoms with Crippen LogP contribution in [-0.4, -0.2) is 17.1 Å². The molecule has 0 amide bonds. The lowest BCUT2D eigenvalue weighted by molar-refractivity contribution is 0.400. The van der Waals surface area contributed by atoms with Gasteiger partial charge in [0.15, 0.2) is 0 Å². The summed E-state index contributed by atoms with van der Waals surface area (Å²) in [6.45, 7) is 4.27. The number of nitrogens with zero attached hydrogens (tertiary/aromatic N) is 2. The van der Waals surface area contributed by atoms with Crippen molar-refractivity contribution in [2.24, 2.45) is 0 Å². The number of methoxy groups -OCH3 is 1. The summed E-state index contributed by atoms with van der Waals surface area (Å²) in [6, 6.07) is 3.79. The van der Waals surface area contributed by atoms with Crippen LogP contribution in [0.25, 0.3) is 10.3 Å². The second-order valence-corrected chi connectivity index (χ2v) is 4.39. The first-order chi connectivity index (χ1) is 6.70. The zero-order valence-corrected chi connectivity index (χ0v) is 9.26. The summed E-state index contributed by atoms with van der Waals surface area (Å²) in [6.07, 6.45) is 0. The van der Waals surface area contributed by atoms with Gasteiger partial charge in [0.2, 0.25) is 5.88 Å². The average Bonchev–Trinajstić information content (AvgIpc) is 2.59. The van der Waals surface area contributed by atoms with Gasteiger partial charge >= 0.3 is 0 Å². The lowest BCUT2D eigenvalue weighted by atomic mass is 10.2. The van der Waals surface area contributed by atoms with Crippen LogP contribution < -0.4 is 4.74 Å². The molecule has 0 saturated carbocycles. The van der Waals surface area contributed by atoms with E-state index >= 15 is 0 Å². The molecular weight excluding hydrogens is 196 g/mol. The van der Waals surface area contributed by atoms with Gasteiger partial charge < -0.3 is 4.74 Å². The second kappa shape index (κ2) is 3.53. The third-order valence-corrected chi connectivity index (χ3v) is 3.22. The van der Waals surface area contributed by atoms with Gasteiger partial charge in [0.05, 0.1) is 12.1 Å². The predicted molar refractivity (Wildman–Crippen MR) is 58.1 cm³/mol. The van der Waals surface area contributed by atoms with Crippen molar-refractivity contribution in [1.82, 2.24) is 9.97 Å². The van der Waals surface area contributed by atoms with Gasteiger partial charge in [-0.15, -0.1) is 0 Å². The van der Waals surface area contributed by atoms with E-state index in [1.54, 1.807) is 18.4 Å². The molecule has 0 fully saturated rings. The number of hydrogen-bond donors (Lipinski definition) is 0. The van der Waals surface area contributed by atoms with Crippen LogP contribution >= 0.6 is 11.3 Å². The number of ether oxygens (including phenoxy) is 1. The maximum Gasteiger partial charge on any atom is 0.214 e. The summed E-state index contributed by atoms with van der Waals surface area (Å²) >= 11 is 1.63. The highest BCUT2D eigenvalue weighted by atomic mass is 32.1. The Hall–Kier alpha value is -1.16. The zero-order chi connectivity index (χ0) is 10.1. The first-order valence-corrected chi connectivity index (χ1v) is 5.34. The number of pyridine rings is 1. The maximum atomic E-state index is 5.06. The van der Waals surface area contributed by atoms with E-state index in [0.717, 1.165) is 15.4 Å². The van der Waals surface area contributed by atoms with E-state index in [-0.39, 0.29) is 0 Å². The third-order valence-electron chi connectivity index (χ3n) is 1.95. The first-order valence-electron chi connectivity index (χ1n) is 4.52. The Bertz CT molecular complexity index is 450. The molecule has 0 unspecified atom stereocenters. The lowest BCUT2D eigenvalue weighted by Gasteiger charge is -1.95. The Kier molecular flexibility index (Phi) is 2.37. The van der Waals surface area contributed by atoms with E-state index in [1.807, 2.05) is 12.1 Å². The van der Waals surface area contributed by atoms with Crippen molar-refractivity contribution in [3.05, 3.63) is 17.1 Å². The fraction of sp³-hybridized carbons (Fsp3) is 0.400. The molecule has 0 aromatic carbocycles. The van der Waals surface area contributed by atoms with Gasteiger partial charge in [0.25, 0.3) is 0 Å². The van der Waals surface area contributed by atoms with Crippen molar-refractivity contribution in [2.45, 2.75) is 19.8 Å². The summed E-state index contributed by atoms with van der Waals surface area (Å²) in [5.41, 5.74) is 0.958. The molecule has 0 saturated heterocycles. The molecule has 4 heteroatoms. The minimum atomic E-state index is 0.459. The molecule has 0 atom stereocenters. The van der Waals surface area contributed by atoms with E-state index < -0.39 is 0 Å². The highest BCUT2D eigenvalue weighted by Gasteiger charge is 2.08. The summed E-state index contributed by atoms with van der Waals surface area (Å²) < 4.78 is 5.06. The van der Waals surface area contributed by atoms with Crippen molar-refractivity contribution in [3.63, 3.8) is 0 Å². The molecule has 74 valence electrons. The Morgan fingerprint density at radius 3 is 2.71 bits per heavy atom. The van der Waals surface area contributed by atoms with Crippen molar-refractivity contribution in [2.75, 3.05) is 7.11 Å². The number of hydrogen-bond acceptors (Lipinski definition) is 4. The van der Waals surface area contributed by atoms with Crippen molar-refractivity contribution in [3.8, 4) is 5.88 Å². The second-order valence-electron chi connectivity index (χ2n) is 3.38. The molecule has 0 aliphatic carbocycles. The van der Waals surface area contributed by atoms with E-state index in [4.69, 9.17) is 4.74 Å². The van der Waals surface area contributed by atoms with Crippen molar-refractivity contribution >= 4 is 21.7 Å². The highest BCUT2D eigenvalue weighted by Crippen LogP contribution is 2.27. The van der Waals surface area contributed by atoms with Crippen LogP contribution in [0.4, 0.5) is 0 Å². The fourth-order valence-corrected chi connectivity index (χ4v) is 2.11. The van der Waals surface area contributed by atoms with Gasteiger partial charge in [-0.1, -0.05) is 25.2 Å². The van der Waals surface area contributed by atoms with E-state index in [1.165, 1.54) is 0 Å². The molecule has 2 aromatic rings. The number of aromatic nitrogens is 2. The number of fused-ring (bicyclic) bond motifs is 1. The molecular formula is C10H12N2OS. The van der Waals surface area contributed by atoms with E-state index in [2.05, 4.69) is 23.8 Å². The Balaban J connectivity index is 2.54. The van der Waals surface area contributed by atoms with Crippen LogP contribution in [0.5, 0.6) is 5.88 Å². The Morgan fingerprint density at radius 1 is 1.29 bits per heavy atom. The molecule has 14 heavy (non-hydrogen) atoms. The molecule has 0 aliphatic heterocycles. The monoisotopic (exact) mass is 208 g/mol. The molecule has 2 aromatic heterocycles. The van der Waals surface area contributed by atoms with Crippen LogP contribution in [-0.2, 0) is 0 Å². The molecule has 0 aliphatic rings. The Labute approximate surface area is 86.8 Å². The summed E-state index contributed by atoms with van der Waals surface area (Å²) in [5.74, 6) is 1.11. The van der Waals surface area contributed by atoms with Crippen molar-refractivity contribution < 1.29 is 4.74 Å². The van der Waals surface area contributed by atoms with Crippen LogP contribution in [0, 0.1) is 0 Å². The summed E-state index contributed by atoms with van der Waals surface area (Å²) in [7, 11) is 1.62. The van der Waals surface area contributed by atoms with Gasteiger partial charge in [-0.25, -0.2) is 9.97 Å². The minimum Gasteiger partial charge on any atom is -0.481 e. The summed E-state index contributed by atoms with van der Waals surface area (Å²) in [5, 5.41) is 1.13. The largest absolute Gasteiger partial charge is 0.481 e. The molecule has 0 bridgehead atoms. The van der Waals surface area contributed by atoms with Gasteiger partial charge in [-0.3, -0.25) is 0 Å². The molecule has 0 N–H and O–H groups in total. The smallest absolute Gasteiger partial charge is 0.214 e.